The van der Waals surface area contributed by atoms with Crippen molar-refractivity contribution in [1.82, 2.24) is 5.32 Å². The summed E-state index contributed by atoms with van der Waals surface area (Å²) < 4.78 is 0. The molecule has 0 unspecified atom stereocenters. The second-order valence-corrected chi connectivity index (χ2v) is 3.14. The molecule has 18 heavy (non-hydrogen) atoms. The molecule has 0 aliphatic carbocycles. The zero-order valence-electron chi connectivity index (χ0n) is 8.45. The molecular weight excluding hydrogens is 252 g/mol. The fourth-order valence-electron chi connectivity index (χ4n) is 1.14. The molecule has 1 aliphatic heterocycles. The Morgan fingerprint density at radius 2 is 1.50 bits per heavy atom. The molecule has 0 aromatic heterocycles. The van der Waals surface area contributed by atoms with E-state index in [0.717, 1.165) is 0 Å². The lowest BCUT2D eigenvalue weighted by atomic mass is 9.99. The molecular formula is C8H6N2O8. The van der Waals surface area contributed by atoms with E-state index in [1.807, 2.05) is 0 Å². The Balaban J connectivity index is 3.39. The van der Waals surface area contributed by atoms with Crippen molar-refractivity contribution in [3.05, 3.63) is 11.4 Å². The first-order valence-corrected chi connectivity index (χ1v) is 4.23. The van der Waals surface area contributed by atoms with Crippen LogP contribution in [0.15, 0.2) is 16.4 Å². The molecule has 0 spiro atoms. The van der Waals surface area contributed by atoms with Crippen LogP contribution in [0.5, 0.6) is 0 Å². The van der Waals surface area contributed by atoms with Crippen molar-refractivity contribution >= 4 is 30.1 Å². The number of aliphatic imine (C=N–C) groups is 1. The van der Waals surface area contributed by atoms with E-state index < -0.39 is 40.8 Å². The lowest BCUT2D eigenvalue weighted by Crippen LogP contribution is -2.61. The molecule has 0 atom stereocenters. The van der Waals surface area contributed by atoms with Gasteiger partial charge in [-0.1, -0.05) is 0 Å². The van der Waals surface area contributed by atoms with Gasteiger partial charge in [-0.2, -0.15) is 0 Å². The molecule has 0 radical (unpaired) electrons. The molecule has 0 amide bonds. The predicted octanol–water partition coefficient (Wildman–Crippen LogP) is -2.05. The number of nitrogens with zero attached hydrogens (tertiary/aromatic N) is 1. The molecule has 1 heterocycles. The first-order valence-electron chi connectivity index (χ1n) is 4.23. The van der Waals surface area contributed by atoms with Gasteiger partial charge in [0.15, 0.2) is 11.4 Å². The summed E-state index contributed by atoms with van der Waals surface area (Å²) in [6, 6.07) is 0. The quantitative estimate of drug-likeness (QED) is 0.355. The molecule has 0 bridgehead atoms. The van der Waals surface area contributed by atoms with Gasteiger partial charge in [0.2, 0.25) is 0 Å². The normalized spacial score (nSPS) is 16.9. The highest BCUT2D eigenvalue weighted by atomic mass is 16.4. The van der Waals surface area contributed by atoms with Gasteiger partial charge in [0, 0.05) is 0 Å². The standard InChI is InChI=1S/C8H6N2O8/c11-4(12)2-3(5(13)14)10-8(1-9-2,6(15)16)7(17)18/h1,10H,(H,11,12)(H,13,14)(H,15,16)(H,17,18). The zero-order chi connectivity index (χ0) is 14.1. The lowest BCUT2D eigenvalue weighted by molar-refractivity contribution is -0.154. The van der Waals surface area contributed by atoms with Gasteiger partial charge >= 0.3 is 23.9 Å². The number of carboxylic acids is 4. The summed E-state index contributed by atoms with van der Waals surface area (Å²) in [4.78, 5) is 46.2. The number of hydrogen-bond donors (Lipinski definition) is 5. The molecule has 0 saturated heterocycles. The smallest absolute Gasteiger partial charge is 0.356 e. The summed E-state index contributed by atoms with van der Waals surface area (Å²) in [5.41, 5.74) is -4.91. The van der Waals surface area contributed by atoms with Crippen molar-refractivity contribution in [3.8, 4) is 0 Å². The van der Waals surface area contributed by atoms with E-state index in [9.17, 15) is 19.2 Å². The Morgan fingerprint density at radius 3 is 1.83 bits per heavy atom. The first kappa shape index (κ1) is 13.2. The van der Waals surface area contributed by atoms with Crippen molar-refractivity contribution in [3.63, 3.8) is 0 Å². The third-order valence-electron chi connectivity index (χ3n) is 2.04. The molecule has 0 fully saturated rings. The topological polar surface area (TPSA) is 174 Å². The monoisotopic (exact) mass is 258 g/mol. The maximum Gasteiger partial charge on any atom is 0.356 e. The van der Waals surface area contributed by atoms with Crippen LogP contribution >= 0.6 is 0 Å². The van der Waals surface area contributed by atoms with Crippen LogP contribution in [0.3, 0.4) is 0 Å². The maximum absolute atomic E-state index is 10.9. The Morgan fingerprint density at radius 1 is 1.00 bits per heavy atom. The number of hydrogen-bond acceptors (Lipinski definition) is 6. The van der Waals surface area contributed by atoms with E-state index in [1.54, 1.807) is 5.32 Å². The average molecular weight is 258 g/mol. The van der Waals surface area contributed by atoms with Gasteiger partial charge in [0.1, 0.15) is 0 Å². The van der Waals surface area contributed by atoms with Crippen LogP contribution in [0, 0.1) is 0 Å². The molecule has 5 N–H and O–H groups in total. The molecule has 0 aromatic carbocycles. The Kier molecular flexibility index (Phi) is 3.04. The minimum atomic E-state index is -2.81. The van der Waals surface area contributed by atoms with E-state index in [2.05, 4.69) is 4.99 Å². The minimum absolute atomic E-state index is 0.313. The molecule has 10 nitrogen and oxygen atoms in total. The van der Waals surface area contributed by atoms with E-state index in [1.165, 1.54) is 0 Å². The summed E-state index contributed by atoms with van der Waals surface area (Å²) in [6.45, 7) is 0. The average Bonchev–Trinajstić information content (AvgIpc) is 2.27. The molecule has 1 aliphatic rings. The Bertz CT molecular complexity index is 503. The predicted molar refractivity (Wildman–Crippen MR) is 51.9 cm³/mol. The van der Waals surface area contributed by atoms with Gasteiger partial charge in [0.05, 0.1) is 6.21 Å². The van der Waals surface area contributed by atoms with Crippen LogP contribution in [0.1, 0.15) is 0 Å². The summed E-state index contributed by atoms with van der Waals surface area (Å²) in [6.07, 6.45) is 0.313. The third kappa shape index (κ3) is 1.86. The van der Waals surface area contributed by atoms with Gasteiger partial charge in [-0.3, -0.25) is 0 Å². The molecule has 0 saturated carbocycles. The highest BCUT2D eigenvalue weighted by Crippen LogP contribution is 2.17. The van der Waals surface area contributed by atoms with Gasteiger partial charge in [-0.05, 0) is 0 Å². The van der Waals surface area contributed by atoms with Crippen LogP contribution in [-0.4, -0.2) is 56.1 Å². The number of carbonyl (C=O) groups is 4. The van der Waals surface area contributed by atoms with Crippen molar-refractivity contribution in [2.24, 2.45) is 4.99 Å². The van der Waals surface area contributed by atoms with Crippen LogP contribution in [0.4, 0.5) is 0 Å². The van der Waals surface area contributed by atoms with Crippen molar-refractivity contribution in [2.45, 2.75) is 5.54 Å². The van der Waals surface area contributed by atoms with Gasteiger partial charge in [-0.25, -0.2) is 24.2 Å². The minimum Gasteiger partial charge on any atom is -0.479 e. The van der Waals surface area contributed by atoms with Crippen molar-refractivity contribution in [2.75, 3.05) is 0 Å². The SMILES string of the molecule is O=C(O)C1=C(C(=O)O)NC(C(=O)O)(C(=O)O)C=N1. The van der Waals surface area contributed by atoms with Gasteiger partial charge in [0.25, 0.3) is 5.54 Å². The number of aliphatic carboxylic acids is 4. The number of nitrogens with one attached hydrogen (secondary N) is 1. The summed E-state index contributed by atoms with van der Waals surface area (Å²) in [7, 11) is 0. The molecule has 1 rings (SSSR count). The van der Waals surface area contributed by atoms with Crippen LogP contribution < -0.4 is 5.32 Å². The fourth-order valence-corrected chi connectivity index (χ4v) is 1.14. The summed E-state index contributed by atoms with van der Waals surface area (Å²) in [5, 5.41) is 36.6. The number of rotatable bonds is 4. The molecule has 96 valence electrons. The van der Waals surface area contributed by atoms with Gasteiger partial charge in [-0.15, -0.1) is 0 Å². The molecule has 10 heteroatoms. The highest BCUT2D eigenvalue weighted by Gasteiger charge is 2.50. The summed E-state index contributed by atoms with van der Waals surface area (Å²) >= 11 is 0. The fraction of sp³-hybridized carbons (Fsp3) is 0.125. The first-order chi connectivity index (χ1) is 8.22. The second-order valence-electron chi connectivity index (χ2n) is 3.14. The summed E-state index contributed by atoms with van der Waals surface area (Å²) in [5.74, 6) is -7.43. The van der Waals surface area contributed by atoms with Crippen LogP contribution in [0.25, 0.3) is 0 Å². The van der Waals surface area contributed by atoms with Crippen LogP contribution in [-0.2, 0) is 19.2 Å². The van der Waals surface area contributed by atoms with E-state index in [-0.39, 0.29) is 0 Å². The Labute approximate surface area is 97.9 Å². The van der Waals surface area contributed by atoms with E-state index >= 15 is 0 Å². The van der Waals surface area contributed by atoms with E-state index in [0.29, 0.717) is 6.21 Å². The maximum atomic E-state index is 10.9. The van der Waals surface area contributed by atoms with Crippen molar-refractivity contribution in [1.29, 1.82) is 0 Å². The molecule has 0 aromatic rings. The van der Waals surface area contributed by atoms with Crippen LogP contribution in [0.2, 0.25) is 0 Å². The van der Waals surface area contributed by atoms with Gasteiger partial charge < -0.3 is 25.7 Å². The lowest BCUT2D eigenvalue weighted by Gasteiger charge is -2.26. The Hall–Kier alpha value is -2.91. The van der Waals surface area contributed by atoms with Crippen molar-refractivity contribution < 1.29 is 39.6 Å². The third-order valence-corrected chi connectivity index (χ3v) is 2.04. The second kappa shape index (κ2) is 4.16. The zero-order valence-corrected chi connectivity index (χ0v) is 8.45. The highest BCUT2D eigenvalue weighted by molar-refractivity contribution is 6.21. The number of carboxylic acid groups (broad SMARTS) is 4. The van der Waals surface area contributed by atoms with E-state index in [4.69, 9.17) is 20.4 Å². The largest absolute Gasteiger partial charge is 0.479 e.